The molecule has 2 rings (SSSR count). The molecule has 2 atom stereocenters. The van der Waals surface area contributed by atoms with Crippen LogP contribution in [0, 0.1) is 5.82 Å². The molecule has 0 aromatic heterocycles. The molecular weight excluding hydrogens is 429 g/mol. The van der Waals surface area contributed by atoms with E-state index in [1.807, 2.05) is 0 Å². The van der Waals surface area contributed by atoms with Gasteiger partial charge in [-0.1, -0.05) is 22.0 Å². The zero-order valence-corrected chi connectivity index (χ0v) is 16.1. The number of alkyl halides is 4. The Morgan fingerprint density at radius 1 is 1.24 bits per heavy atom. The highest BCUT2D eigenvalue weighted by Crippen LogP contribution is 2.64. The van der Waals surface area contributed by atoms with Crippen molar-refractivity contribution in [3.8, 4) is 0 Å². The van der Waals surface area contributed by atoms with E-state index in [1.54, 1.807) is 0 Å². The molecule has 1 aliphatic rings. The lowest BCUT2D eigenvalue weighted by molar-refractivity contribution is -0.240. The van der Waals surface area contributed by atoms with E-state index in [0.717, 1.165) is 12.1 Å². The Morgan fingerprint density at radius 3 is 2.28 bits per heavy atom. The van der Waals surface area contributed by atoms with Gasteiger partial charge in [-0.25, -0.2) is 4.39 Å². The monoisotopic (exact) mass is 445 g/mol. The van der Waals surface area contributed by atoms with Crippen LogP contribution in [0.1, 0.15) is 38.3 Å². The summed E-state index contributed by atoms with van der Waals surface area (Å²) in [6.45, 7) is 7.86. The van der Waals surface area contributed by atoms with Crippen LogP contribution in [0.15, 0.2) is 29.3 Å². The van der Waals surface area contributed by atoms with E-state index in [2.05, 4.69) is 27.2 Å². The first kappa shape index (κ1) is 20.7. The highest BCUT2D eigenvalue weighted by molar-refractivity contribution is 9.10. The maximum absolute atomic E-state index is 14.9. The van der Waals surface area contributed by atoms with Gasteiger partial charge < -0.3 is 4.55 Å². The van der Waals surface area contributed by atoms with Gasteiger partial charge in [0.25, 0.3) is 0 Å². The van der Waals surface area contributed by atoms with Gasteiger partial charge in [-0.05, 0) is 39.3 Å². The molecule has 2 unspecified atom stereocenters. The van der Waals surface area contributed by atoms with Gasteiger partial charge in [0.1, 0.15) is 10.6 Å². The van der Waals surface area contributed by atoms with Crippen LogP contribution in [-0.4, -0.2) is 15.2 Å². The molecule has 0 radical (unpaired) electrons. The third kappa shape index (κ3) is 2.83. The Bertz CT molecular complexity index is 707. The van der Waals surface area contributed by atoms with E-state index in [0.29, 0.717) is 6.07 Å². The van der Waals surface area contributed by atoms with Crippen molar-refractivity contribution in [3.05, 3.63) is 46.2 Å². The molecular formula is C16H17BrF5NOS. The van der Waals surface area contributed by atoms with Crippen molar-refractivity contribution in [2.45, 2.75) is 49.3 Å². The Morgan fingerprint density at radius 2 is 1.80 bits per heavy atom. The summed E-state index contributed by atoms with van der Waals surface area (Å²) in [5.74, 6) is -11.0. The number of rotatable bonds is 4. The molecule has 0 saturated carbocycles. The molecule has 1 N–H and O–H groups in total. The number of hydrogen-bond acceptors (Lipinski definition) is 2. The maximum atomic E-state index is 14.9. The standard InChI is InChI=1S/C16H17BrF5NOS/c1-5-8-14(23-25(24)13(2,3)4)11-9(17)6-7-10(18)12(11)15(19,20)16(14,21)22/h5-7,23H,1,8H2,2-4H3. The lowest BCUT2D eigenvalue weighted by Gasteiger charge is -2.39. The summed E-state index contributed by atoms with van der Waals surface area (Å²) in [5, 5.41) is 0. The second kappa shape index (κ2) is 6.21. The molecule has 1 aliphatic carbocycles. The van der Waals surface area contributed by atoms with Gasteiger partial charge in [0.15, 0.2) is 5.54 Å². The third-order valence-corrected chi connectivity index (χ3v) is 6.36. The van der Waals surface area contributed by atoms with Crippen LogP contribution in [0.2, 0.25) is 0 Å². The van der Waals surface area contributed by atoms with Gasteiger partial charge in [0, 0.05) is 21.4 Å². The van der Waals surface area contributed by atoms with Crippen molar-refractivity contribution in [2.24, 2.45) is 0 Å². The fourth-order valence-corrected chi connectivity index (χ4v) is 4.38. The first-order chi connectivity index (χ1) is 11.2. The largest absolute Gasteiger partial charge is 0.598 e. The number of nitrogens with one attached hydrogen (secondary N) is 1. The zero-order chi connectivity index (χ0) is 19.4. The van der Waals surface area contributed by atoms with Crippen LogP contribution < -0.4 is 4.72 Å². The first-order valence-electron chi connectivity index (χ1n) is 7.29. The van der Waals surface area contributed by atoms with Crippen molar-refractivity contribution in [2.75, 3.05) is 0 Å². The normalized spacial score (nSPS) is 25.5. The van der Waals surface area contributed by atoms with Crippen LogP contribution in [0.5, 0.6) is 0 Å². The van der Waals surface area contributed by atoms with Gasteiger partial charge in [-0.3, -0.25) is 0 Å². The van der Waals surface area contributed by atoms with E-state index >= 15 is 0 Å². The maximum Gasteiger partial charge on any atom is 0.341 e. The third-order valence-electron chi connectivity index (χ3n) is 4.05. The first-order valence-corrected chi connectivity index (χ1v) is 9.23. The lowest BCUT2D eigenvalue weighted by atomic mass is 9.86. The molecule has 0 bridgehead atoms. The molecule has 0 fully saturated rings. The molecule has 2 nitrogen and oxygen atoms in total. The second-order valence-corrected chi connectivity index (χ2v) is 9.63. The Hall–Kier alpha value is -0.640. The van der Waals surface area contributed by atoms with Gasteiger partial charge in [0.2, 0.25) is 0 Å². The smallest absolute Gasteiger partial charge is 0.341 e. The minimum atomic E-state index is -4.78. The van der Waals surface area contributed by atoms with Crippen molar-refractivity contribution < 1.29 is 26.5 Å². The highest BCUT2D eigenvalue weighted by atomic mass is 79.9. The van der Waals surface area contributed by atoms with Crippen LogP contribution in [0.4, 0.5) is 22.0 Å². The molecule has 0 aliphatic heterocycles. The quantitative estimate of drug-likeness (QED) is 0.395. The van der Waals surface area contributed by atoms with Crippen molar-refractivity contribution in [1.29, 1.82) is 0 Å². The predicted molar refractivity (Wildman–Crippen MR) is 90.5 cm³/mol. The Kier molecular flexibility index (Phi) is 5.14. The summed E-state index contributed by atoms with van der Waals surface area (Å²) in [5.41, 5.74) is -4.81. The summed E-state index contributed by atoms with van der Waals surface area (Å²) < 4.78 is 86.6. The summed E-state index contributed by atoms with van der Waals surface area (Å²) in [7, 11) is 0. The summed E-state index contributed by atoms with van der Waals surface area (Å²) in [4.78, 5) is 0. The number of hydrogen-bond donors (Lipinski definition) is 1. The minimum absolute atomic E-state index is 0.124. The molecule has 0 saturated heterocycles. The van der Waals surface area contributed by atoms with Gasteiger partial charge in [-0.15, -0.1) is 11.3 Å². The number of halogens is 6. The SMILES string of the molecule is C=CCC1(N[S+]([O-])C(C)(C)C)c2c(Br)ccc(F)c2C(F)(F)C1(F)F. The molecule has 1 aromatic rings. The van der Waals surface area contributed by atoms with E-state index in [4.69, 9.17) is 0 Å². The Labute approximate surface area is 154 Å². The van der Waals surface area contributed by atoms with Crippen LogP contribution >= 0.6 is 15.9 Å². The van der Waals surface area contributed by atoms with Crippen molar-refractivity contribution in [3.63, 3.8) is 0 Å². The molecule has 25 heavy (non-hydrogen) atoms. The van der Waals surface area contributed by atoms with Crippen molar-refractivity contribution >= 4 is 27.3 Å². The summed E-state index contributed by atoms with van der Waals surface area (Å²) in [6.07, 6.45) is 0.343. The van der Waals surface area contributed by atoms with Gasteiger partial charge in [-0.2, -0.15) is 17.6 Å². The van der Waals surface area contributed by atoms with Crippen molar-refractivity contribution in [1.82, 2.24) is 4.72 Å². The van der Waals surface area contributed by atoms with Gasteiger partial charge >= 0.3 is 11.8 Å². The highest BCUT2D eigenvalue weighted by Gasteiger charge is 2.79. The van der Waals surface area contributed by atoms with Gasteiger partial charge in [0.05, 0.1) is 5.56 Å². The molecule has 1 aromatic carbocycles. The lowest BCUT2D eigenvalue weighted by Crippen LogP contribution is -2.61. The predicted octanol–water partition coefficient (Wildman–Crippen LogP) is 5.15. The Balaban J connectivity index is 2.84. The fourth-order valence-electron chi connectivity index (χ4n) is 2.77. The average molecular weight is 446 g/mol. The van der Waals surface area contributed by atoms with E-state index in [1.165, 1.54) is 20.8 Å². The van der Waals surface area contributed by atoms with Crippen LogP contribution in [0.25, 0.3) is 0 Å². The van der Waals surface area contributed by atoms with E-state index in [-0.39, 0.29) is 4.47 Å². The number of fused-ring (bicyclic) bond motifs is 1. The topological polar surface area (TPSA) is 35.1 Å². The van der Waals surface area contributed by atoms with E-state index in [9.17, 15) is 26.5 Å². The summed E-state index contributed by atoms with van der Waals surface area (Å²) in [6, 6.07) is 1.77. The number of benzene rings is 1. The average Bonchev–Trinajstić information content (AvgIpc) is 2.59. The molecule has 9 heteroatoms. The summed E-state index contributed by atoms with van der Waals surface area (Å²) >= 11 is 0.840. The van der Waals surface area contributed by atoms with E-state index < -0.39 is 56.9 Å². The fraction of sp³-hybridized carbons (Fsp3) is 0.500. The molecule has 0 heterocycles. The van der Waals surface area contributed by atoms with Crippen LogP contribution in [0.3, 0.4) is 0 Å². The molecule has 140 valence electrons. The second-order valence-electron chi connectivity index (χ2n) is 6.81. The molecule has 0 amide bonds. The zero-order valence-electron chi connectivity index (χ0n) is 13.7. The van der Waals surface area contributed by atoms with Crippen LogP contribution in [-0.2, 0) is 22.8 Å². The molecule has 0 spiro atoms. The minimum Gasteiger partial charge on any atom is -0.598 e.